The van der Waals surface area contributed by atoms with Crippen LogP contribution in [0.2, 0.25) is 5.02 Å². The molecule has 4 heteroatoms. The molecule has 74 valence electrons. The zero-order valence-electron chi connectivity index (χ0n) is 8.37. The number of hydrogen-bond acceptors (Lipinski definition) is 2. The van der Waals surface area contributed by atoms with E-state index in [0.717, 1.165) is 0 Å². The molecule has 0 amide bonds. The number of aryl methyl sites for hydroxylation is 1. The Hall–Kier alpha value is -0.540. The summed E-state index contributed by atoms with van der Waals surface area (Å²) < 4.78 is 1.61. The molecule has 3 nitrogen and oxygen atoms in total. The van der Waals surface area contributed by atoms with Gasteiger partial charge in [0.15, 0.2) is 0 Å². The summed E-state index contributed by atoms with van der Waals surface area (Å²) in [4.78, 5) is 0. The minimum Gasteiger partial charge on any atom is -0.384 e. The second-order valence-electron chi connectivity index (χ2n) is 3.77. The number of halogens is 1. The fourth-order valence-electron chi connectivity index (χ4n) is 1.25. The fourth-order valence-corrected chi connectivity index (χ4v) is 1.61. The average Bonchev–Trinajstić information content (AvgIpc) is 2.30. The van der Waals surface area contributed by atoms with E-state index < -0.39 is 5.60 Å². The number of hydrogen-bond donors (Lipinski definition) is 1. The van der Waals surface area contributed by atoms with Gasteiger partial charge in [0.05, 0.1) is 16.9 Å². The van der Waals surface area contributed by atoms with Crippen LogP contribution in [0.15, 0.2) is 6.20 Å². The molecule has 1 aromatic rings. The molecule has 0 radical (unpaired) electrons. The van der Waals surface area contributed by atoms with E-state index in [4.69, 9.17) is 11.6 Å². The molecule has 1 N–H and O–H groups in total. The highest BCUT2D eigenvalue weighted by Crippen LogP contribution is 2.33. The largest absolute Gasteiger partial charge is 0.384 e. The van der Waals surface area contributed by atoms with Crippen molar-refractivity contribution < 1.29 is 5.11 Å². The maximum atomic E-state index is 10.2. The molecule has 1 atom stereocenters. The van der Waals surface area contributed by atoms with Gasteiger partial charge in [-0.25, -0.2) is 0 Å². The molecule has 1 aromatic heterocycles. The van der Waals surface area contributed by atoms with Crippen molar-refractivity contribution in [3.8, 4) is 0 Å². The van der Waals surface area contributed by atoms with Crippen molar-refractivity contribution in [3.63, 3.8) is 0 Å². The summed E-state index contributed by atoms with van der Waals surface area (Å²) in [5.41, 5.74) is -0.258. The van der Waals surface area contributed by atoms with Crippen LogP contribution in [0.4, 0.5) is 0 Å². The summed E-state index contributed by atoms with van der Waals surface area (Å²) in [6, 6.07) is 0. The maximum absolute atomic E-state index is 10.2. The Balaban J connectivity index is 3.20. The SMILES string of the molecule is CC(C)C(C)(O)c1c(Cl)cnn1C. The van der Waals surface area contributed by atoms with Crippen molar-refractivity contribution in [2.45, 2.75) is 26.4 Å². The van der Waals surface area contributed by atoms with Crippen LogP contribution in [0.3, 0.4) is 0 Å². The topological polar surface area (TPSA) is 38.1 Å². The molecular formula is C9H15ClN2O. The minimum absolute atomic E-state index is 0.0976. The predicted octanol–water partition coefficient (Wildman–Crippen LogP) is 1.94. The van der Waals surface area contributed by atoms with E-state index in [1.54, 1.807) is 24.9 Å². The molecule has 1 unspecified atom stereocenters. The second-order valence-corrected chi connectivity index (χ2v) is 4.17. The van der Waals surface area contributed by atoms with E-state index in [0.29, 0.717) is 10.7 Å². The van der Waals surface area contributed by atoms with Gasteiger partial charge in [0, 0.05) is 7.05 Å². The van der Waals surface area contributed by atoms with Crippen LogP contribution in [0, 0.1) is 5.92 Å². The number of aromatic nitrogens is 2. The summed E-state index contributed by atoms with van der Waals surface area (Å²) in [7, 11) is 1.78. The number of nitrogens with zero attached hydrogens (tertiary/aromatic N) is 2. The van der Waals surface area contributed by atoms with Crippen molar-refractivity contribution in [2.24, 2.45) is 13.0 Å². The first-order valence-corrected chi connectivity index (χ1v) is 4.65. The van der Waals surface area contributed by atoms with Gasteiger partial charge in [0.1, 0.15) is 5.60 Å². The second kappa shape index (κ2) is 3.31. The zero-order chi connectivity index (χ0) is 10.2. The lowest BCUT2D eigenvalue weighted by molar-refractivity contribution is 0.00150. The molecule has 13 heavy (non-hydrogen) atoms. The van der Waals surface area contributed by atoms with Crippen molar-refractivity contribution in [2.75, 3.05) is 0 Å². The summed E-state index contributed by atoms with van der Waals surface area (Å²) in [5.74, 6) is 0.0976. The van der Waals surface area contributed by atoms with Crippen LogP contribution >= 0.6 is 11.6 Å². The fraction of sp³-hybridized carbons (Fsp3) is 0.667. The Morgan fingerprint density at radius 1 is 1.62 bits per heavy atom. The Morgan fingerprint density at radius 3 is 2.46 bits per heavy atom. The molecule has 0 aliphatic carbocycles. The van der Waals surface area contributed by atoms with Crippen LogP contribution < -0.4 is 0 Å². The normalized spacial score (nSPS) is 16.2. The maximum Gasteiger partial charge on any atom is 0.107 e. The van der Waals surface area contributed by atoms with Gasteiger partial charge >= 0.3 is 0 Å². The van der Waals surface area contributed by atoms with Gasteiger partial charge < -0.3 is 5.11 Å². The van der Waals surface area contributed by atoms with E-state index >= 15 is 0 Å². The highest BCUT2D eigenvalue weighted by molar-refractivity contribution is 6.31. The summed E-state index contributed by atoms with van der Waals surface area (Å²) >= 11 is 5.93. The van der Waals surface area contributed by atoms with E-state index in [2.05, 4.69) is 5.10 Å². The molecule has 0 saturated heterocycles. The summed E-state index contributed by atoms with van der Waals surface area (Å²) in [6.07, 6.45) is 1.55. The van der Waals surface area contributed by atoms with Gasteiger partial charge in [-0.05, 0) is 12.8 Å². The average molecular weight is 203 g/mol. The number of aliphatic hydroxyl groups is 1. The van der Waals surface area contributed by atoms with Crippen molar-refractivity contribution in [1.82, 2.24) is 9.78 Å². The van der Waals surface area contributed by atoms with E-state index in [-0.39, 0.29) is 5.92 Å². The highest BCUT2D eigenvalue weighted by Gasteiger charge is 2.32. The van der Waals surface area contributed by atoms with Gasteiger partial charge in [-0.2, -0.15) is 5.10 Å². The van der Waals surface area contributed by atoms with Gasteiger partial charge in [-0.15, -0.1) is 0 Å². The van der Waals surface area contributed by atoms with Gasteiger partial charge in [-0.1, -0.05) is 25.4 Å². The highest BCUT2D eigenvalue weighted by atomic mass is 35.5. The third-order valence-corrected chi connectivity index (χ3v) is 2.77. The third kappa shape index (κ3) is 1.71. The first kappa shape index (κ1) is 10.5. The monoisotopic (exact) mass is 202 g/mol. The first-order chi connectivity index (χ1) is 5.87. The van der Waals surface area contributed by atoms with Crippen LogP contribution in [0.5, 0.6) is 0 Å². The molecule has 1 heterocycles. The smallest absolute Gasteiger partial charge is 0.107 e. The third-order valence-electron chi connectivity index (χ3n) is 2.50. The predicted molar refractivity (Wildman–Crippen MR) is 52.6 cm³/mol. The molecule has 0 saturated carbocycles. The van der Waals surface area contributed by atoms with Crippen molar-refractivity contribution in [3.05, 3.63) is 16.9 Å². The zero-order valence-corrected chi connectivity index (χ0v) is 9.13. The van der Waals surface area contributed by atoms with E-state index in [1.165, 1.54) is 0 Å². The molecule has 0 aromatic carbocycles. The van der Waals surface area contributed by atoms with Gasteiger partial charge in [-0.3, -0.25) is 4.68 Å². The lowest BCUT2D eigenvalue weighted by Crippen LogP contribution is -2.30. The lowest BCUT2D eigenvalue weighted by Gasteiger charge is -2.28. The Kier molecular flexibility index (Phi) is 2.68. The van der Waals surface area contributed by atoms with Gasteiger partial charge in [0.25, 0.3) is 0 Å². The lowest BCUT2D eigenvalue weighted by atomic mass is 9.89. The Morgan fingerprint density at radius 2 is 2.15 bits per heavy atom. The standard InChI is InChI=1S/C9H15ClN2O/c1-6(2)9(3,13)8-7(10)5-11-12(8)4/h5-6,13H,1-4H3. The Labute approximate surface area is 83.3 Å². The van der Waals surface area contributed by atoms with Crippen LogP contribution in [-0.4, -0.2) is 14.9 Å². The minimum atomic E-state index is -0.928. The van der Waals surface area contributed by atoms with E-state index in [9.17, 15) is 5.11 Å². The van der Waals surface area contributed by atoms with Crippen molar-refractivity contribution >= 4 is 11.6 Å². The molecule has 0 aliphatic rings. The van der Waals surface area contributed by atoms with Crippen LogP contribution in [-0.2, 0) is 12.6 Å². The quantitative estimate of drug-likeness (QED) is 0.796. The molecule has 0 spiro atoms. The van der Waals surface area contributed by atoms with Crippen molar-refractivity contribution in [1.29, 1.82) is 0 Å². The van der Waals surface area contributed by atoms with Crippen LogP contribution in [0.25, 0.3) is 0 Å². The first-order valence-electron chi connectivity index (χ1n) is 4.27. The number of rotatable bonds is 2. The molecule has 0 bridgehead atoms. The Bertz CT molecular complexity index is 285. The van der Waals surface area contributed by atoms with Gasteiger partial charge in [0.2, 0.25) is 0 Å². The molecule has 0 fully saturated rings. The molecule has 1 rings (SSSR count). The summed E-state index contributed by atoms with van der Waals surface area (Å²) in [6.45, 7) is 5.65. The molecular weight excluding hydrogens is 188 g/mol. The summed E-state index contributed by atoms with van der Waals surface area (Å²) in [5, 5.41) is 14.7. The van der Waals surface area contributed by atoms with Crippen LogP contribution in [0.1, 0.15) is 26.5 Å². The van der Waals surface area contributed by atoms with E-state index in [1.807, 2.05) is 13.8 Å². The molecule has 0 aliphatic heterocycles.